The number of amides is 1. The molecule has 7 heteroatoms. The van der Waals surface area contributed by atoms with E-state index in [4.69, 9.17) is 4.74 Å². The van der Waals surface area contributed by atoms with Gasteiger partial charge in [-0.1, -0.05) is 24.3 Å². The molecule has 1 amide bonds. The summed E-state index contributed by atoms with van der Waals surface area (Å²) >= 11 is 0. The van der Waals surface area contributed by atoms with Gasteiger partial charge in [0.15, 0.2) is 0 Å². The standard InChI is InChI=1S/C25H23N5O2/c31-25(26-13-6-11-23-28-21-9-1-2-10-22(21)29-23)18-7-5-8-20(15-18)32-17-19-16-30-14-4-3-12-24(30)27-19/h1-5,7-10,12,14-16H,6,11,13,17H2,(H,26,31)(H,28,29). The first-order valence-corrected chi connectivity index (χ1v) is 10.6. The summed E-state index contributed by atoms with van der Waals surface area (Å²) in [5.74, 6) is 1.45. The summed E-state index contributed by atoms with van der Waals surface area (Å²) in [6.07, 6.45) is 5.46. The van der Waals surface area contributed by atoms with Crippen LogP contribution in [0.3, 0.4) is 0 Å². The fourth-order valence-electron chi connectivity index (χ4n) is 3.62. The monoisotopic (exact) mass is 425 g/mol. The molecule has 7 nitrogen and oxygen atoms in total. The molecule has 0 aliphatic heterocycles. The quantitative estimate of drug-likeness (QED) is 0.366. The maximum absolute atomic E-state index is 12.5. The van der Waals surface area contributed by atoms with Crippen molar-refractivity contribution in [1.29, 1.82) is 0 Å². The highest BCUT2D eigenvalue weighted by molar-refractivity contribution is 5.94. The summed E-state index contributed by atoms with van der Waals surface area (Å²) in [7, 11) is 0. The van der Waals surface area contributed by atoms with Crippen LogP contribution in [0.15, 0.2) is 79.1 Å². The first-order valence-electron chi connectivity index (χ1n) is 10.6. The van der Waals surface area contributed by atoms with Crippen LogP contribution in [0.2, 0.25) is 0 Å². The number of fused-ring (bicyclic) bond motifs is 2. The van der Waals surface area contributed by atoms with Crippen LogP contribution in [-0.4, -0.2) is 31.8 Å². The molecule has 0 saturated heterocycles. The van der Waals surface area contributed by atoms with E-state index in [0.717, 1.165) is 41.0 Å². The Morgan fingerprint density at radius 3 is 2.84 bits per heavy atom. The lowest BCUT2D eigenvalue weighted by atomic mass is 10.2. The first kappa shape index (κ1) is 19.8. The number of nitrogens with zero attached hydrogens (tertiary/aromatic N) is 3. The predicted molar refractivity (Wildman–Crippen MR) is 123 cm³/mol. The summed E-state index contributed by atoms with van der Waals surface area (Å²) in [5, 5.41) is 2.97. The third-order valence-corrected chi connectivity index (χ3v) is 5.21. The van der Waals surface area contributed by atoms with Crippen LogP contribution in [-0.2, 0) is 13.0 Å². The van der Waals surface area contributed by atoms with E-state index in [0.29, 0.717) is 24.5 Å². The highest BCUT2D eigenvalue weighted by Gasteiger charge is 2.08. The van der Waals surface area contributed by atoms with Crippen molar-refractivity contribution in [3.63, 3.8) is 0 Å². The largest absolute Gasteiger partial charge is 0.487 e. The second-order valence-electron chi connectivity index (χ2n) is 7.57. The average molecular weight is 425 g/mol. The molecule has 3 heterocycles. The Morgan fingerprint density at radius 1 is 1.03 bits per heavy atom. The predicted octanol–water partition coefficient (Wildman–Crippen LogP) is 4.15. The van der Waals surface area contributed by atoms with Gasteiger partial charge in [-0.3, -0.25) is 4.79 Å². The van der Waals surface area contributed by atoms with Crippen molar-refractivity contribution in [3.8, 4) is 5.75 Å². The topological polar surface area (TPSA) is 84.3 Å². The number of imidazole rings is 2. The lowest BCUT2D eigenvalue weighted by molar-refractivity contribution is 0.0952. The zero-order chi connectivity index (χ0) is 21.8. The molecule has 0 saturated carbocycles. The molecule has 0 bridgehead atoms. The zero-order valence-electron chi connectivity index (χ0n) is 17.5. The van der Waals surface area contributed by atoms with Crippen molar-refractivity contribution in [2.24, 2.45) is 0 Å². The van der Waals surface area contributed by atoms with Crippen LogP contribution in [0.5, 0.6) is 5.75 Å². The second kappa shape index (κ2) is 8.93. The molecule has 0 aliphatic carbocycles. The number of benzene rings is 2. The molecule has 2 aromatic carbocycles. The van der Waals surface area contributed by atoms with Gasteiger partial charge in [0, 0.05) is 30.9 Å². The Balaban J connectivity index is 1.12. The molecule has 0 fully saturated rings. The highest BCUT2D eigenvalue weighted by Crippen LogP contribution is 2.16. The number of nitrogens with one attached hydrogen (secondary N) is 2. The minimum absolute atomic E-state index is 0.118. The smallest absolute Gasteiger partial charge is 0.251 e. The minimum atomic E-state index is -0.118. The molecule has 160 valence electrons. The van der Waals surface area contributed by atoms with Crippen molar-refractivity contribution in [2.75, 3.05) is 6.54 Å². The third kappa shape index (κ3) is 4.46. The molecular weight excluding hydrogens is 402 g/mol. The van der Waals surface area contributed by atoms with Gasteiger partial charge in [-0.05, 0) is 48.9 Å². The number of ether oxygens (including phenoxy) is 1. The molecule has 0 atom stereocenters. The third-order valence-electron chi connectivity index (χ3n) is 5.21. The van der Waals surface area contributed by atoms with E-state index in [-0.39, 0.29) is 5.91 Å². The van der Waals surface area contributed by atoms with E-state index < -0.39 is 0 Å². The van der Waals surface area contributed by atoms with Gasteiger partial charge in [0.25, 0.3) is 5.91 Å². The fraction of sp³-hybridized carbons (Fsp3) is 0.160. The van der Waals surface area contributed by atoms with Gasteiger partial charge < -0.3 is 19.4 Å². The van der Waals surface area contributed by atoms with E-state index in [1.807, 2.05) is 71.4 Å². The molecule has 0 radical (unpaired) electrons. The normalized spacial score (nSPS) is 11.1. The Hall–Kier alpha value is -4.13. The minimum Gasteiger partial charge on any atom is -0.487 e. The maximum Gasteiger partial charge on any atom is 0.251 e. The van der Waals surface area contributed by atoms with E-state index in [1.165, 1.54) is 0 Å². The van der Waals surface area contributed by atoms with Gasteiger partial charge in [-0.25, -0.2) is 9.97 Å². The first-order chi connectivity index (χ1) is 15.7. The molecule has 3 aromatic heterocycles. The van der Waals surface area contributed by atoms with Crippen molar-refractivity contribution < 1.29 is 9.53 Å². The van der Waals surface area contributed by atoms with Crippen LogP contribution in [0.25, 0.3) is 16.7 Å². The van der Waals surface area contributed by atoms with Crippen LogP contribution in [0, 0.1) is 0 Å². The second-order valence-corrected chi connectivity index (χ2v) is 7.57. The van der Waals surface area contributed by atoms with Crippen LogP contribution in [0.4, 0.5) is 0 Å². The van der Waals surface area contributed by atoms with E-state index >= 15 is 0 Å². The Bertz CT molecular complexity index is 1310. The van der Waals surface area contributed by atoms with E-state index in [1.54, 1.807) is 12.1 Å². The highest BCUT2D eigenvalue weighted by atomic mass is 16.5. The van der Waals surface area contributed by atoms with Crippen molar-refractivity contribution in [1.82, 2.24) is 24.7 Å². The number of hydrogen-bond donors (Lipinski definition) is 2. The summed E-state index contributed by atoms with van der Waals surface area (Å²) in [6, 6.07) is 21.0. The van der Waals surface area contributed by atoms with Crippen molar-refractivity contribution >= 4 is 22.6 Å². The Morgan fingerprint density at radius 2 is 1.94 bits per heavy atom. The number of aryl methyl sites for hydroxylation is 1. The molecule has 0 unspecified atom stereocenters. The molecule has 2 N–H and O–H groups in total. The van der Waals surface area contributed by atoms with Gasteiger partial charge in [0.05, 0.1) is 16.7 Å². The number of para-hydroxylation sites is 2. The molecule has 32 heavy (non-hydrogen) atoms. The molecule has 5 rings (SSSR count). The van der Waals surface area contributed by atoms with Crippen molar-refractivity contribution in [2.45, 2.75) is 19.4 Å². The van der Waals surface area contributed by atoms with Crippen LogP contribution < -0.4 is 10.1 Å². The number of carbonyl (C=O) groups is 1. The summed E-state index contributed by atoms with van der Waals surface area (Å²) in [5.41, 5.74) is 4.28. The number of carbonyl (C=O) groups excluding carboxylic acids is 1. The Kier molecular flexibility index (Phi) is 5.53. The average Bonchev–Trinajstić information content (AvgIpc) is 3.44. The number of pyridine rings is 1. The summed E-state index contributed by atoms with van der Waals surface area (Å²) in [4.78, 5) is 24.9. The zero-order valence-corrected chi connectivity index (χ0v) is 17.5. The number of aromatic nitrogens is 4. The van der Waals surface area contributed by atoms with Gasteiger partial charge in [0.1, 0.15) is 23.8 Å². The fourth-order valence-corrected chi connectivity index (χ4v) is 3.62. The lowest BCUT2D eigenvalue weighted by Crippen LogP contribution is -2.24. The molecule has 0 aliphatic rings. The summed E-state index contributed by atoms with van der Waals surface area (Å²) in [6.45, 7) is 0.909. The van der Waals surface area contributed by atoms with E-state index in [2.05, 4.69) is 20.3 Å². The lowest BCUT2D eigenvalue weighted by Gasteiger charge is -2.08. The Labute approximate surface area is 185 Å². The van der Waals surface area contributed by atoms with Crippen LogP contribution >= 0.6 is 0 Å². The number of H-pyrrole nitrogens is 1. The van der Waals surface area contributed by atoms with E-state index in [9.17, 15) is 4.79 Å². The number of aromatic amines is 1. The van der Waals surface area contributed by atoms with Gasteiger partial charge in [-0.15, -0.1) is 0 Å². The van der Waals surface area contributed by atoms with Crippen LogP contribution in [0.1, 0.15) is 28.3 Å². The molecular formula is C25H23N5O2. The van der Waals surface area contributed by atoms with Gasteiger partial charge >= 0.3 is 0 Å². The number of hydrogen-bond acceptors (Lipinski definition) is 4. The van der Waals surface area contributed by atoms with Gasteiger partial charge in [-0.2, -0.15) is 0 Å². The maximum atomic E-state index is 12.5. The summed E-state index contributed by atoms with van der Waals surface area (Å²) < 4.78 is 7.81. The SMILES string of the molecule is O=C(NCCCc1nc2ccccc2[nH]1)c1cccc(OCc2cn3ccccc3n2)c1. The van der Waals surface area contributed by atoms with Gasteiger partial charge in [0.2, 0.25) is 0 Å². The number of rotatable bonds is 8. The molecule has 0 spiro atoms. The van der Waals surface area contributed by atoms with Crippen molar-refractivity contribution in [3.05, 3.63) is 96.2 Å². The molecule has 5 aromatic rings.